The Morgan fingerprint density at radius 1 is 0.244 bits per heavy atom. The summed E-state index contributed by atoms with van der Waals surface area (Å²) in [5, 5.41) is 0. The minimum atomic E-state index is -0.790. The normalized spacial score (nSPS) is 12.6. The van der Waals surface area contributed by atoms with E-state index in [1.807, 2.05) is 0 Å². The van der Waals surface area contributed by atoms with E-state index in [0.717, 1.165) is 116 Å². The van der Waals surface area contributed by atoms with Gasteiger partial charge < -0.3 is 14.2 Å². The molecule has 1 atom stereocenters. The summed E-state index contributed by atoms with van der Waals surface area (Å²) in [5.74, 6) is -0.896. The summed E-state index contributed by atoms with van der Waals surface area (Å²) >= 11 is 0. The molecule has 0 aliphatic heterocycles. The number of allylic oxidation sites excluding steroid dienone is 14. The first kappa shape index (κ1) is 78.6. The molecule has 0 spiro atoms. The van der Waals surface area contributed by atoms with Gasteiger partial charge in [0.1, 0.15) is 13.2 Å². The SMILES string of the molecule is CCCCC/C=C\C/C=C\CCCCCCCC(=O)OCC(COC(=O)CCCCCCCCCCCCCCCCCCCC/C=C\C/C=C\C/C=C\CCCCCCC)OC(=O)CCCCCCC/C=C\C/C=C\CCCCCC. The van der Waals surface area contributed by atoms with E-state index in [2.05, 4.69) is 106 Å². The quantitative estimate of drug-likeness (QED) is 0.0261. The number of carbonyl (C=O) groups is 3. The first-order valence-corrected chi connectivity index (χ1v) is 35.6. The molecular formula is C76H134O6. The van der Waals surface area contributed by atoms with Gasteiger partial charge in [-0.15, -0.1) is 0 Å². The highest BCUT2D eigenvalue weighted by Crippen LogP contribution is 2.17. The second-order valence-corrected chi connectivity index (χ2v) is 23.8. The maximum Gasteiger partial charge on any atom is 0.306 e. The van der Waals surface area contributed by atoms with Gasteiger partial charge in [0.2, 0.25) is 0 Å². The molecule has 474 valence electrons. The van der Waals surface area contributed by atoms with Crippen LogP contribution in [0.15, 0.2) is 85.1 Å². The van der Waals surface area contributed by atoms with Crippen LogP contribution in [-0.4, -0.2) is 37.2 Å². The molecule has 6 heteroatoms. The smallest absolute Gasteiger partial charge is 0.306 e. The number of hydrogen-bond acceptors (Lipinski definition) is 6. The average Bonchev–Trinajstić information content (AvgIpc) is 3.47. The van der Waals surface area contributed by atoms with Crippen LogP contribution in [0.3, 0.4) is 0 Å². The fourth-order valence-electron chi connectivity index (χ4n) is 10.2. The Kier molecular flexibility index (Phi) is 67.2. The molecule has 0 saturated heterocycles. The van der Waals surface area contributed by atoms with Crippen molar-refractivity contribution in [3.05, 3.63) is 85.1 Å². The first-order valence-electron chi connectivity index (χ1n) is 35.6. The van der Waals surface area contributed by atoms with E-state index in [-0.39, 0.29) is 31.1 Å². The van der Waals surface area contributed by atoms with Crippen molar-refractivity contribution < 1.29 is 28.6 Å². The summed E-state index contributed by atoms with van der Waals surface area (Å²) in [6.07, 6.45) is 93.3. The van der Waals surface area contributed by atoms with E-state index in [1.165, 1.54) is 205 Å². The minimum Gasteiger partial charge on any atom is -0.462 e. The lowest BCUT2D eigenvalue weighted by Gasteiger charge is -2.18. The summed E-state index contributed by atoms with van der Waals surface area (Å²) in [5.41, 5.74) is 0. The molecule has 0 aromatic heterocycles. The van der Waals surface area contributed by atoms with E-state index >= 15 is 0 Å². The van der Waals surface area contributed by atoms with Crippen molar-refractivity contribution in [1.82, 2.24) is 0 Å². The Bertz CT molecular complexity index is 1550. The van der Waals surface area contributed by atoms with Crippen molar-refractivity contribution in [3.63, 3.8) is 0 Å². The van der Waals surface area contributed by atoms with Crippen molar-refractivity contribution >= 4 is 17.9 Å². The van der Waals surface area contributed by atoms with Gasteiger partial charge in [0.15, 0.2) is 6.10 Å². The van der Waals surface area contributed by atoms with Crippen molar-refractivity contribution in [1.29, 1.82) is 0 Å². The van der Waals surface area contributed by atoms with Crippen LogP contribution in [0.2, 0.25) is 0 Å². The molecule has 0 amide bonds. The first-order chi connectivity index (χ1) is 40.5. The van der Waals surface area contributed by atoms with Crippen LogP contribution in [0.5, 0.6) is 0 Å². The third kappa shape index (κ3) is 67.4. The zero-order chi connectivity index (χ0) is 59.2. The summed E-state index contributed by atoms with van der Waals surface area (Å²) in [6.45, 7) is 6.60. The predicted octanol–water partition coefficient (Wildman–Crippen LogP) is 24.6. The summed E-state index contributed by atoms with van der Waals surface area (Å²) in [4.78, 5) is 38.4. The number of hydrogen-bond donors (Lipinski definition) is 0. The highest BCUT2D eigenvalue weighted by molar-refractivity contribution is 5.71. The molecule has 0 fully saturated rings. The fourth-order valence-corrected chi connectivity index (χ4v) is 10.2. The van der Waals surface area contributed by atoms with Crippen LogP contribution < -0.4 is 0 Å². The van der Waals surface area contributed by atoms with E-state index in [9.17, 15) is 14.4 Å². The highest BCUT2D eigenvalue weighted by Gasteiger charge is 2.19. The van der Waals surface area contributed by atoms with E-state index < -0.39 is 6.10 Å². The maximum absolute atomic E-state index is 12.9. The second kappa shape index (κ2) is 70.1. The van der Waals surface area contributed by atoms with E-state index in [4.69, 9.17) is 14.2 Å². The fraction of sp³-hybridized carbons (Fsp3) is 0.776. The van der Waals surface area contributed by atoms with Gasteiger partial charge in [0, 0.05) is 19.3 Å². The molecule has 0 rings (SSSR count). The molecule has 0 bridgehead atoms. The summed E-state index contributed by atoms with van der Waals surface area (Å²) in [7, 11) is 0. The van der Waals surface area contributed by atoms with Gasteiger partial charge in [-0.3, -0.25) is 14.4 Å². The minimum absolute atomic E-state index is 0.0840. The topological polar surface area (TPSA) is 78.9 Å². The van der Waals surface area contributed by atoms with Gasteiger partial charge in [-0.25, -0.2) is 0 Å². The van der Waals surface area contributed by atoms with Crippen molar-refractivity contribution in [3.8, 4) is 0 Å². The highest BCUT2D eigenvalue weighted by atomic mass is 16.6. The van der Waals surface area contributed by atoms with Crippen LogP contribution in [0.25, 0.3) is 0 Å². The zero-order valence-corrected chi connectivity index (χ0v) is 54.5. The monoisotopic (exact) mass is 1140 g/mol. The lowest BCUT2D eigenvalue weighted by molar-refractivity contribution is -0.167. The van der Waals surface area contributed by atoms with E-state index in [0.29, 0.717) is 19.3 Å². The van der Waals surface area contributed by atoms with Crippen LogP contribution in [-0.2, 0) is 28.6 Å². The Morgan fingerprint density at radius 2 is 0.439 bits per heavy atom. The zero-order valence-electron chi connectivity index (χ0n) is 54.5. The van der Waals surface area contributed by atoms with Crippen molar-refractivity contribution in [2.45, 2.75) is 367 Å². The Labute approximate surface area is 509 Å². The lowest BCUT2D eigenvalue weighted by atomic mass is 10.0. The number of carbonyl (C=O) groups excluding carboxylic acids is 3. The van der Waals surface area contributed by atoms with Gasteiger partial charge in [-0.2, -0.15) is 0 Å². The van der Waals surface area contributed by atoms with Gasteiger partial charge in [0.25, 0.3) is 0 Å². The van der Waals surface area contributed by atoms with Gasteiger partial charge in [-0.1, -0.05) is 305 Å². The largest absolute Gasteiger partial charge is 0.462 e. The van der Waals surface area contributed by atoms with E-state index in [1.54, 1.807) is 0 Å². The number of rotatable bonds is 65. The second-order valence-electron chi connectivity index (χ2n) is 23.8. The maximum atomic E-state index is 12.9. The van der Waals surface area contributed by atoms with Crippen LogP contribution >= 0.6 is 0 Å². The molecule has 0 radical (unpaired) electrons. The molecule has 0 N–H and O–H groups in total. The summed E-state index contributed by atoms with van der Waals surface area (Å²) in [6, 6.07) is 0. The molecule has 0 saturated carbocycles. The average molecular weight is 1140 g/mol. The standard InChI is InChI=1S/C76H134O6/c1-4-7-10-13-16-19-22-25-28-30-31-32-33-34-35-36-37-38-39-40-41-42-43-44-45-46-49-51-54-57-60-63-66-69-75(78)81-72-73(71-80-74(77)68-65-62-59-56-53-50-47-27-24-21-18-15-12-9-6-3)82-76(79)70-67-64-61-58-55-52-48-29-26-23-20-17-14-11-8-5-2/h18,20-23,25,27,29-31,33-34,47-48,73H,4-17,19,24,26,28,32,35-46,49-72H2,1-3H3/b21-18-,23-20-,25-22-,31-30-,34-33-,47-27-,48-29-. The number of unbranched alkanes of at least 4 members (excludes halogenated alkanes) is 40. The molecule has 0 aliphatic rings. The Balaban J connectivity index is 4.19. The lowest BCUT2D eigenvalue weighted by Crippen LogP contribution is -2.30. The van der Waals surface area contributed by atoms with Crippen LogP contribution in [0.1, 0.15) is 361 Å². The third-order valence-electron chi connectivity index (χ3n) is 15.6. The molecule has 0 aromatic rings. The molecular weight excluding hydrogens is 1010 g/mol. The molecule has 82 heavy (non-hydrogen) atoms. The van der Waals surface area contributed by atoms with Gasteiger partial charge >= 0.3 is 17.9 Å². The molecule has 0 heterocycles. The molecule has 6 nitrogen and oxygen atoms in total. The van der Waals surface area contributed by atoms with Crippen molar-refractivity contribution in [2.75, 3.05) is 13.2 Å². The summed E-state index contributed by atoms with van der Waals surface area (Å²) < 4.78 is 16.9. The van der Waals surface area contributed by atoms with Gasteiger partial charge in [0.05, 0.1) is 0 Å². The van der Waals surface area contributed by atoms with Crippen LogP contribution in [0, 0.1) is 0 Å². The molecule has 1 unspecified atom stereocenters. The van der Waals surface area contributed by atoms with Crippen LogP contribution in [0.4, 0.5) is 0 Å². The number of esters is 3. The third-order valence-corrected chi connectivity index (χ3v) is 15.6. The Morgan fingerprint density at radius 3 is 0.720 bits per heavy atom. The number of ether oxygens (including phenoxy) is 3. The molecule has 0 aromatic carbocycles. The molecule has 0 aliphatic carbocycles. The van der Waals surface area contributed by atoms with Crippen molar-refractivity contribution in [2.24, 2.45) is 0 Å². The Hall–Kier alpha value is -3.41. The van der Waals surface area contributed by atoms with Gasteiger partial charge in [-0.05, 0) is 122 Å². The predicted molar refractivity (Wildman–Crippen MR) is 358 cm³/mol.